The van der Waals surface area contributed by atoms with Crippen molar-refractivity contribution in [3.63, 3.8) is 0 Å². The maximum absolute atomic E-state index is 6.08. The van der Waals surface area contributed by atoms with E-state index in [2.05, 4.69) is 25.1 Å². The predicted molar refractivity (Wildman–Crippen MR) is 62.2 cm³/mol. The molecule has 1 aliphatic rings. The molecule has 1 fully saturated rings. The number of benzene rings is 1. The average molecular weight is 205 g/mol. The molecule has 2 N–H and O–H groups in total. The van der Waals surface area contributed by atoms with Crippen LogP contribution in [0.25, 0.3) is 0 Å². The number of hydrogen-bond acceptors (Lipinski definition) is 2. The number of rotatable bonds is 4. The molecule has 2 rings (SSSR count). The summed E-state index contributed by atoms with van der Waals surface area (Å²) in [5.74, 6) is 0.999. The van der Waals surface area contributed by atoms with Gasteiger partial charge < -0.3 is 10.5 Å². The Kier molecular flexibility index (Phi) is 2.70. The average Bonchev–Trinajstić information content (AvgIpc) is 2.95. The van der Waals surface area contributed by atoms with Gasteiger partial charge in [-0.2, -0.15) is 0 Å². The Bertz CT molecular complexity index is 356. The van der Waals surface area contributed by atoms with Crippen LogP contribution in [0.1, 0.15) is 30.4 Å². The van der Waals surface area contributed by atoms with Crippen LogP contribution in [0, 0.1) is 6.92 Å². The third kappa shape index (κ3) is 2.51. The molecule has 0 amide bonds. The Morgan fingerprint density at radius 3 is 2.73 bits per heavy atom. The zero-order valence-corrected chi connectivity index (χ0v) is 9.55. The van der Waals surface area contributed by atoms with Crippen molar-refractivity contribution in [1.29, 1.82) is 0 Å². The van der Waals surface area contributed by atoms with E-state index in [-0.39, 0.29) is 5.54 Å². The van der Waals surface area contributed by atoms with Gasteiger partial charge in [0.15, 0.2) is 0 Å². The lowest BCUT2D eigenvalue weighted by Gasteiger charge is -2.12. The zero-order valence-electron chi connectivity index (χ0n) is 9.55. The van der Waals surface area contributed by atoms with Gasteiger partial charge in [-0.3, -0.25) is 0 Å². The summed E-state index contributed by atoms with van der Waals surface area (Å²) >= 11 is 0. The highest BCUT2D eigenvalue weighted by atomic mass is 16.5. The highest BCUT2D eigenvalue weighted by Crippen LogP contribution is 2.37. The SMILES string of the molecule is COc1cc(C)ccc1CCC1(N)CC1. The van der Waals surface area contributed by atoms with Crippen LogP contribution in [-0.4, -0.2) is 12.6 Å². The minimum atomic E-state index is 0.135. The van der Waals surface area contributed by atoms with Gasteiger partial charge in [-0.25, -0.2) is 0 Å². The maximum Gasteiger partial charge on any atom is 0.122 e. The van der Waals surface area contributed by atoms with E-state index in [1.807, 2.05) is 0 Å². The molecule has 1 aromatic carbocycles. The zero-order chi connectivity index (χ0) is 10.9. The fraction of sp³-hybridized carbons (Fsp3) is 0.538. The molecule has 0 unspecified atom stereocenters. The quantitative estimate of drug-likeness (QED) is 0.819. The summed E-state index contributed by atoms with van der Waals surface area (Å²) in [4.78, 5) is 0. The molecule has 0 atom stereocenters. The second-order valence-corrected chi connectivity index (χ2v) is 4.68. The van der Waals surface area contributed by atoms with E-state index in [0.717, 1.165) is 18.6 Å². The van der Waals surface area contributed by atoms with Crippen molar-refractivity contribution in [2.45, 2.75) is 38.1 Å². The van der Waals surface area contributed by atoms with E-state index in [0.29, 0.717) is 0 Å². The van der Waals surface area contributed by atoms with Crippen molar-refractivity contribution in [2.24, 2.45) is 5.73 Å². The molecule has 2 heteroatoms. The van der Waals surface area contributed by atoms with Crippen molar-refractivity contribution >= 4 is 0 Å². The van der Waals surface area contributed by atoms with Crippen molar-refractivity contribution in [3.05, 3.63) is 29.3 Å². The van der Waals surface area contributed by atoms with Gasteiger partial charge in [0.05, 0.1) is 7.11 Å². The van der Waals surface area contributed by atoms with Gasteiger partial charge in [0.25, 0.3) is 0 Å². The third-order valence-electron chi connectivity index (χ3n) is 3.23. The molecule has 1 saturated carbocycles. The van der Waals surface area contributed by atoms with Crippen molar-refractivity contribution in [3.8, 4) is 5.75 Å². The number of aryl methyl sites for hydroxylation is 2. The molecule has 2 nitrogen and oxygen atoms in total. The summed E-state index contributed by atoms with van der Waals surface area (Å²) in [6.45, 7) is 2.08. The second kappa shape index (κ2) is 3.86. The smallest absolute Gasteiger partial charge is 0.122 e. The molecule has 0 spiro atoms. The summed E-state index contributed by atoms with van der Waals surface area (Å²) in [5.41, 5.74) is 8.73. The third-order valence-corrected chi connectivity index (χ3v) is 3.23. The molecule has 0 bridgehead atoms. The van der Waals surface area contributed by atoms with Crippen LogP contribution in [-0.2, 0) is 6.42 Å². The predicted octanol–water partition coefficient (Wildman–Crippen LogP) is 2.43. The van der Waals surface area contributed by atoms with E-state index in [1.54, 1.807) is 7.11 Å². The lowest BCUT2D eigenvalue weighted by atomic mass is 10.0. The van der Waals surface area contributed by atoms with E-state index in [9.17, 15) is 0 Å². The summed E-state index contributed by atoms with van der Waals surface area (Å²) in [5, 5.41) is 0. The van der Waals surface area contributed by atoms with Gasteiger partial charge in [-0.1, -0.05) is 12.1 Å². The number of hydrogen-bond donors (Lipinski definition) is 1. The van der Waals surface area contributed by atoms with E-state index in [1.165, 1.54) is 24.0 Å². The topological polar surface area (TPSA) is 35.2 Å². The van der Waals surface area contributed by atoms with Gasteiger partial charge in [0.2, 0.25) is 0 Å². The standard InChI is InChI=1S/C13H19NO/c1-10-3-4-11(12(9-10)15-2)5-6-13(14)7-8-13/h3-4,9H,5-8,14H2,1-2H3. The largest absolute Gasteiger partial charge is 0.496 e. The highest BCUT2D eigenvalue weighted by Gasteiger charge is 2.37. The lowest BCUT2D eigenvalue weighted by molar-refractivity contribution is 0.407. The van der Waals surface area contributed by atoms with Gasteiger partial charge in [0, 0.05) is 5.54 Å². The first kappa shape index (κ1) is 10.5. The van der Waals surface area contributed by atoms with Gasteiger partial charge in [-0.15, -0.1) is 0 Å². The lowest BCUT2D eigenvalue weighted by Crippen LogP contribution is -2.22. The molecule has 15 heavy (non-hydrogen) atoms. The molecule has 1 aliphatic carbocycles. The number of nitrogens with two attached hydrogens (primary N) is 1. The summed E-state index contributed by atoms with van der Waals surface area (Å²) < 4.78 is 5.37. The first-order valence-electron chi connectivity index (χ1n) is 5.55. The molecule has 0 aliphatic heterocycles. The van der Waals surface area contributed by atoms with Gasteiger partial charge >= 0.3 is 0 Å². The molecule has 0 aromatic heterocycles. The van der Waals surface area contributed by atoms with E-state index < -0.39 is 0 Å². The number of ether oxygens (including phenoxy) is 1. The van der Waals surface area contributed by atoms with Crippen molar-refractivity contribution in [1.82, 2.24) is 0 Å². The van der Waals surface area contributed by atoms with Gasteiger partial charge in [0.1, 0.15) is 5.75 Å². The monoisotopic (exact) mass is 205 g/mol. The Balaban J connectivity index is 2.06. The van der Waals surface area contributed by atoms with Crippen LogP contribution in [0.5, 0.6) is 5.75 Å². The minimum absolute atomic E-state index is 0.135. The van der Waals surface area contributed by atoms with Crippen molar-refractivity contribution in [2.75, 3.05) is 7.11 Å². The highest BCUT2D eigenvalue weighted by molar-refractivity contribution is 5.37. The van der Waals surface area contributed by atoms with Crippen LogP contribution in [0.3, 0.4) is 0 Å². The molecule has 1 aromatic rings. The Morgan fingerprint density at radius 2 is 2.13 bits per heavy atom. The van der Waals surface area contributed by atoms with Gasteiger partial charge in [-0.05, 0) is 49.8 Å². The van der Waals surface area contributed by atoms with Crippen molar-refractivity contribution < 1.29 is 4.74 Å². The maximum atomic E-state index is 6.08. The molecule has 0 saturated heterocycles. The Labute approximate surface area is 91.4 Å². The second-order valence-electron chi connectivity index (χ2n) is 4.68. The molecule has 0 radical (unpaired) electrons. The fourth-order valence-electron chi connectivity index (χ4n) is 1.85. The van der Waals surface area contributed by atoms with Crippen LogP contribution in [0.4, 0.5) is 0 Å². The van der Waals surface area contributed by atoms with Crippen LogP contribution in [0.2, 0.25) is 0 Å². The minimum Gasteiger partial charge on any atom is -0.496 e. The first-order chi connectivity index (χ1) is 7.13. The fourth-order valence-corrected chi connectivity index (χ4v) is 1.85. The molecular weight excluding hydrogens is 186 g/mol. The summed E-state index contributed by atoms with van der Waals surface area (Å²) in [6.07, 6.45) is 4.47. The van der Waals surface area contributed by atoms with E-state index >= 15 is 0 Å². The van der Waals surface area contributed by atoms with Crippen LogP contribution < -0.4 is 10.5 Å². The first-order valence-corrected chi connectivity index (χ1v) is 5.55. The molecule has 82 valence electrons. The number of methoxy groups -OCH3 is 1. The van der Waals surface area contributed by atoms with Crippen LogP contribution in [0.15, 0.2) is 18.2 Å². The van der Waals surface area contributed by atoms with Crippen LogP contribution >= 0.6 is 0 Å². The Morgan fingerprint density at radius 1 is 1.40 bits per heavy atom. The normalized spacial score (nSPS) is 17.5. The summed E-state index contributed by atoms with van der Waals surface area (Å²) in [7, 11) is 1.73. The Hall–Kier alpha value is -1.02. The molecule has 0 heterocycles. The molecular formula is C13H19NO. The van der Waals surface area contributed by atoms with E-state index in [4.69, 9.17) is 10.5 Å². The summed E-state index contributed by atoms with van der Waals surface area (Å²) in [6, 6.07) is 6.37.